The molecule has 0 bridgehead atoms. The van der Waals surface area contributed by atoms with E-state index in [9.17, 15) is 13.2 Å². The maximum Gasteiger partial charge on any atom is 0.416 e. The van der Waals surface area contributed by atoms with Gasteiger partial charge in [-0.15, -0.1) is 0 Å². The third kappa shape index (κ3) is 3.49. The van der Waals surface area contributed by atoms with Crippen LogP contribution >= 0.6 is 0 Å². The van der Waals surface area contributed by atoms with Gasteiger partial charge in [0.2, 0.25) is 0 Å². The third-order valence-corrected chi connectivity index (χ3v) is 3.15. The second-order valence-electron chi connectivity index (χ2n) is 4.54. The highest BCUT2D eigenvalue weighted by Crippen LogP contribution is 2.29. The Kier molecular flexibility index (Phi) is 3.90. The first-order chi connectivity index (χ1) is 8.55. The Labute approximate surface area is 105 Å². The van der Waals surface area contributed by atoms with Gasteiger partial charge in [0.25, 0.3) is 0 Å². The highest BCUT2D eigenvalue weighted by Gasteiger charge is 2.29. The number of alkyl halides is 3. The predicted molar refractivity (Wildman–Crippen MR) is 66.2 cm³/mol. The lowest BCUT2D eigenvalue weighted by Gasteiger charge is -2.13. The average Bonchev–Trinajstić information content (AvgIpc) is 2.37. The van der Waals surface area contributed by atoms with Crippen LogP contribution < -0.4 is 0 Å². The fourth-order valence-corrected chi connectivity index (χ4v) is 2.06. The van der Waals surface area contributed by atoms with Crippen molar-refractivity contribution in [3.05, 3.63) is 59.7 Å². The lowest BCUT2D eigenvalue weighted by atomic mass is 9.93. The van der Waals surface area contributed by atoms with E-state index in [2.05, 4.69) is 12.2 Å². The summed E-state index contributed by atoms with van der Waals surface area (Å²) in [6.45, 7) is 0. The number of rotatable bonds is 3. The van der Waals surface area contributed by atoms with Crippen molar-refractivity contribution in [3.63, 3.8) is 0 Å². The lowest BCUT2D eigenvalue weighted by molar-refractivity contribution is -0.137. The topological polar surface area (TPSA) is 0 Å². The molecule has 1 unspecified atom stereocenters. The second-order valence-corrected chi connectivity index (χ2v) is 4.54. The minimum atomic E-state index is -4.24. The molecule has 0 nitrogen and oxygen atoms in total. The predicted octanol–water partition coefficient (Wildman–Crippen LogP) is 4.77. The molecule has 1 aromatic carbocycles. The summed E-state index contributed by atoms with van der Waals surface area (Å²) in [5.74, 6) is 0.511. The standard InChI is InChI=1S/C15H15F3/c16-15(17,18)14-10-8-13(9-11-14)7-6-12-4-2-1-3-5-12/h1-4,8-12H,5-7H2. The molecular weight excluding hydrogens is 237 g/mol. The number of allylic oxidation sites excluding steroid dienone is 4. The van der Waals surface area contributed by atoms with E-state index < -0.39 is 11.7 Å². The summed E-state index contributed by atoms with van der Waals surface area (Å²) in [7, 11) is 0. The molecule has 0 radical (unpaired) electrons. The monoisotopic (exact) mass is 252 g/mol. The summed E-state index contributed by atoms with van der Waals surface area (Å²) in [6, 6.07) is 5.47. The Balaban J connectivity index is 1.90. The molecule has 1 aromatic rings. The van der Waals surface area contributed by atoms with Gasteiger partial charge in [0.15, 0.2) is 0 Å². The number of benzene rings is 1. The van der Waals surface area contributed by atoms with Crippen LogP contribution in [0.5, 0.6) is 0 Å². The van der Waals surface area contributed by atoms with Crippen molar-refractivity contribution in [1.29, 1.82) is 0 Å². The normalized spacial score (nSPS) is 19.2. The zero-order valence-corrected chi connectivity index (χ0v) is 9.95. The van der Waals surface area contributed by atoms with Crippen molar-refractivity contribution in [2.24, 2.45) is 5.92 Å². The summed E-state index contributed by atoms with van der Waals surface area (Å²) in [5.41, 5.74) is 0.387. The van der Waals surface area contributed by atoms with E-state index in [1.54, 1.807) is 12.1 Å². The third-order valence-electron chi connectivity index (χ3n) is 3.15. The van der Waals surface area contributed by atoms with Gasteiger partial charge >= 0.3 is 6.18 Å². The fourth-order valence-electron chi connectivity index (χ4n) is 2.06. The maximum atomic E-state index is 12.4. The minimum Gasteiger partial charge on any atom is -0.166 e. The number of aryl methyl sites for hydroxylation is 1. The minimum absolute atomic E-state index is 0.511. The van der Waals surface area contributed by atoms with Gasteiger partial charge in [0.05, 0.1) is 5.56 Å². The molecule has 1 atom stereocenters. The number of hydrogen-bond acceptors (Lipinski definition) is 0. The van der Waals surface area contributed by atoms with Crippen molar-refractivity contribution >= 4 is 0 Å². The van der Waals surface area contributed by atoms with Gasteiger partial charge in [-0.3, -0.25) is 0 Å². The van der Waals surface area contributed by atoms with E-state index >= 15 is 0 Å². The van der Waals surface area contributed by atoms with Crippen molar-refractivity contribution < 1.29 is 13.2 Å². The van der Waals surface area contributed by atoms with E-state index in [1.165, 1.54) is 0 Å². The van der Waals surface area contributed by atoms with Crippen LogP contribution in [0.1, 0.15) is 24.0 Å². The highest BCUT2D eigenvalue weighted by molar-refractivity contribution is 5.25. The SMILES string of the molecule is FC(F)(F)c1ccc(CCC2C=CC=CC2)cc1. The lowest BCUT2D eigenvalue weighted by Crippen LogP contribution is -2.05. The molecule has 0 aromatic heterocycles. The molecule has 0 amide bonds. The second kappa shape index (κ2) is 5.42. The smallest absolute Gasteiger partial charge is 0.166 e. The Hall–Kier alpha value is -1.51. The van der Waals surface area contributed by atoms with Gasteiger partial charge in [-0.1, -0.05) is 36.4 Å². The molecule has 0 heterocycles. The zero-order chi connectivity index (χ0) is 13.0. The summed E-state index contributed by atoms with van der Waals surface area (Å²) in [6.07, 6.45) is 6.91. The van der Waals surface area contributed by atoms with Gasteiger partial charge in [-0.2, -0.15) is 13.2 Å². The number of hydrogen-bond donors (Lipinski definition) is 0. The van der Waals surface area contributed by atoms with Gasteiger partial charge in [0, 0.05) is 0 Å². The molecule has 3 heteroatoms. The molecule has 0 spiro atoms. The molecule has 0 aliphatic heterocycles. The molecule has 0 N–H and O–H groups in total. The number of halogens is 3. The highest BCUT2D eigenvalue weighted by atomic mass is 19.4. The van der Waals surface area contributed by atoms with Crippen LogP contribution in [0, 0.1) is 5.92 Å². The Bertz CT molecular complexity index is 438. The van der Waals surface area contributed by atoms with E-state index in [0.29, 0.717) is 5.92 Å². The van der Waals surface area contributed by atoms with Crippen LogP contribution in [0.3, 0.4) is 0 Å². The largest absolute Gasteiger partial charge is 0.416 e. The average molecular weight is 252 g/mol. The van der Waals surface area contributed by atoms with Crippen LogP contribution in [0.2, 0.25) is 0 Å². The molecule has 1 aliphatic rings. The first-order valence-corrected chi connectivity index (χ1v) is 6.05. The molecule has 2 rings (SSSR count). The fraction of sp³-hybridized carbons (Fsp3) is 0.333. The molecule has 0 saturated carbocycles. The van der Waals surface area contributed by atoms with E-state index in [0.717, 1.165) is 37.0 Å². The van der Waals surface area contributed by atoms with Gasteiger partial charge in [-0.25, -0.2) is 0 Å². The maximum absolute atomic E-state index is 12.4. The first kappa shape index (κ1) is 12.9. The van der Waals surface area contributed by atoms with Crippen LogP contribution in [-0.2, 0) is 12.6 Å². The van der Waals surface area contributed by atoms with Crippen molar-refractivity contribution in [1.82, 2.24) is 0 Å². The van der Waals surface area contributed by atoms with Crippen molar-refractivity contribution in [3.8, 4) is 0 Å². The van der Waals surface area contributed by atoms with Crippen molar-refractivity contribution in [2.75, 3.05) is 0 Å². The van der Waals surface area contributed by atoms with Gasteiger partial charge in [-0.05, 0) is 42.9 Å². The Morgan fingerprint density at radius 1 is 1.06 bits per heavy atom. The van der Waals surface area contributed by atoms with Crippen molar-refractivity contribution in [2.45, 2.75) is 25.4 Å². The molecular formula is C15H15F3. The molecule has 18 heavy (non-hydrogen) atoms. The van der Waals surface area contributed by atoms with Gasteiger partial charge in [0.1, 0.15) is 0 Å². The molecule has 1 aliphatic carbocycles. The van der Waals surface area contributed by atoms with E-state index in [1.807, 2.05) is 12.2 Å². The zero-order valence-electron chi connectivity index (χ0n) is 9.95. The summed E-state index contributed by atoms with van der Waals surface area (Å²) in [4.78, 5) is 0. The van der Waals surface area contributed by atoms with Gasteiger partial charge < -0.3 is 0 Å². The van der Waals surface area contributed by atoms with Crippen LogP contribution in [0.15, 0.2) is 48.6 Å². The quantitative estimate of drug-likeness (QED) is 0.726. The van der Waals surface area contributed by atoms with E-state index in [4.69, 9.17) is 0 Å². The molecule has 0 saturated heterocycles. The Morgan fingerprint density at radius 3 is 2.33 bits per heavy atom. The first-order valence-electron chi connectivity index (χ1n) is 6.05. The van der Waals surface area contributed by atoms with Crippen LogP contribution in [0.25, 0.3) is 0 Å². The Morgan fingerprint density at radius 2 is 1.78 bits per heavy atom. The van der Waals surface area contributed by atoms with Crippen LogP contribution in [0.4, 0.5) is 13.2 Å². The molecule has 0 fully saturated rings. The summed E-state index contributed by atoms with van der Waals surface area (Å²) in [5, 5.41) is 0. The summed E-state index contributed by atoms with van der Waals surface area (Å²) >= 11 is 0. The van der Waals surface area contributed by atoms with Crippen LogP contribution in [-0.4, -0.2) is 0 Å². The van der Waals surface area contributed by atoms with E-state index in [-0.39, 0.29) is 0 Å². The molecule has 96 valence electrons. The summed E-state index contributed by atoms with van der Waals surface area (Å²) < 4.78 is 37.1.